The molecule has 0 bridgehead atoms. The Labute approximate surface area is 175 Å². The Bertz CT molecular complexity index is 1020. The van der Waals surface area contributed by atoms with Crippen molar-refractivity contribution < 1.29 is 27.9 Å². The number of alkyl halides is 2. The highest BCUT2D eigenvalue weighted by Gasteiger charge is 2.50. The maximum absolute atomic E-state index is 12.9. The lowest BCUT2D eigenvalue weighted by Crippen LogP contribution is -2.42. The minimum atomic E-state index is -3.04. The van der Waals surface area contributed by atoms with Crippen LogP contribution in [-0.4, -0.2) is 35.9 Å². The molecular formula is C20H18ClF2N3O4. The average molecular weight is 438 g/mol. The fourth-order valence-corrected chi connectivity index (χ4v) is 3.50. The molecule has 1 aliphatic rings. The van der Waals surface area contributed by atoms with Crippen molar-refractivity contribution in [3.05, 3.63) is 58.6 Å². The Balaban J connectivity index is 1.71. The Morgan fingerprint density at radius 2 is 1.97 bits per heavy atom. The summed E-state index contributed by atoms with van der Waals surface area (Å²) in [6.07, 6.45) is 0. The second-order valence-electron chi connectivity index (χ2n) is 6.83. The third-order valence-corrected chi connectivity index (χ3v) is 4.99. The van der Waals surface area contributed by atoms with Crippen molar-refractivity contribution in [2.45, 2.75) is 26.0 Å². The lowest BCUT2D eigenvalue weighted by molar-refractivity contribution is -0.133. The van der Waals surface area contributed by atoms with Gasteiger partial charge in [0.1, 0.15) is 17.8 Å². The molecule has 0 spiro atoms. The van der Waals surface area contributed by atoms with Gasteiger partial charge in [0, 0.05) is 5.69 Å². The number of imide groups is 1. The zero-order chi connectivity index (χ0) is 22.1. The van der Waals surface area contributed by atoms with Gasteiger partial charge in [0.2, 0.25) is 5.91 Å². The van der Waals surface area contributed by atoms with E-state index < -0.39 is 36.5 Å². The minimum Gasteiger partial charge on any atom is -0.433 e. The molecule has 0 aliphatic carbocycles. The molecule has 158 valence electrons. The SMILES string of the molecule is Cc1ccccc1C1(C)NC(=O)N(CC(=O)Nc2ccc(OC(F)F)c(Cl)c2)C1=O. The van der Waals surface area contributed by atoms with Crippen molar-refractivity contribution in [3.8, 4) is 5.75 Å². The highest BCUT2D eigenvalue weighted by molar-refractivity contribution is 6.32. The number of carbonyl (C=O) groups is 3. The summed E-state index contributed by atoms with van der Waals surface area (Å²) in [7, 11) is 0. The number of benzene rings is 2. The number of hydrogen-bond acceptors (Lipinski definition) is 4. The normalized spacial score (nSPS) is 18.5. The summed E-state index contributed by atoms with van der Waals surface area (Å²) in [6.45, 7) is -0.167. The molecule has 1 unspecified atom stereocenters. The van der Waals surface area contributed by atoms with Gasteiger partial charge in [-0.25, -0.2) is 4.79 Å². The summed E-state index contributed by atoms with van der Waals surface area (Å²) in [4.78, 5) is 38.5. The second-order valence-corrected chi connectivity index (χ2v) is 7.24. The van der Waals surface area contributed by atoms with Crippen LogP contribution < -0.4 is 15.4 Å². The Hall–Kier alpha value is -3.20. The van der Waals surface area contributed by atoms with E-state index in [4.69, 9.17) is 11.6 Å². The van der Waals surface area contributed by atoms with E-state index in [2.05, 4.69) is 15.4 Å². The highest BCUT2D eigenvalue weighted by Crippen LogP contribution is 2.31. The molecule has 2 N–H and O–H groups in total. The van der Waals surface area contributed by atoms with Crippen LogP contribution in [0.3, 0.4) is 0 Å². The number of aryl methyl sites for hydroxylation is 1. The van der Waals surface area contributed by atoms with Crippen LogP contribution in [0.2, 0.25) is 5.02 Å². The van der Waals surface area contributed by atoms with Gasteiger partial charge in [-0.1, -0.05) is 35.9 Å². The zero-order valence-corrected chi connectivity index (χ0v) is 16.8. The summed E-state index contributed by atoms with van der Waals surface area (Å²) in [5, 5.41) is 4.98. The van der Waals surface area contributed by atoms with Gasteiger partial charge in [-0.2, -0.15) is 8.78 Å². The number of nitrogens with zero attached hydrogens (tertiary/aromatic N) is 1. The molecule has 1 fully saturated rings. The molecule has 0 saturated carbocycles. The van der Waals surface area contributed by atoms with E-state index in [1.54, 1.807) is 19.1 Å². The number of amides is 4. The Morgan fingerprint density at radius 1 is 1.27 bits per heavy atom. The van der Waals surface area contributed by atoms with Gasteiger partial charge >= 0.3 is 12.6 Å². The summed E-state index contributed by atoms with van der Waals surface area (Å²) in [5.74, 6) is -1.46. The van der Waals surface area contributed by atoms with Crippen LogP contribution in [0.15, 0.2) is 42.5 Å². The summed E-state index contributed by atoms with van der Waals surface area (Å²) >= 11 is 5.86. The molecule has 3 rings (SSSR count). The first-order valence-electron chi connectivity index (χ1n) is 8.86. The largest absolute Gasteiger partial charge is 0.433 e. The second kappa shape index (κ2) is 8.27. The average Bonchev–Trinajstić information content (AvgIpc) is 2.88. The predicted molar refractivity (Wildman–Crippen MR) is 105 cm³/mol. The quantitative estimate of drug-likeness (QED) is 0.675. The van der Waals surface area contributed by atoms with Crippen molar-refractivity contribution >= 4 is 35.1 Å². The van der Waals surface area contributed by atoms with Crippen molar-refractivity contribution in [2.24, 2.45) is 0 Å². The molecule has 1 heterocycles. The van der Waals surface area contributed by atoms with Crippen LogP contribution in [0.25, 0.3) is 0 Å². The van der Waals surface area contributed by atoms with Gasteiger partial charge in [-0.15, -0.1) is 0 Å². The topological polar surface area (TPSA) is 87.7 Å². The fraction of sp³-hybridized carbons (Fsp3) is 0.250. The van der Waals surface area contributed by atoms with Gasteiger partial charge in [0.05, 0.1) is 5.02 Å². The van der Waals surface area contributed by atoms with E-state index in [1.165, 1.54) is 18.2 Å². The van der Waals surface area contributed by atoms with Crippen LogP contribution >= 0.6 is 11.6 Å². The number of urea groups is 1. The highest BCUT2D eigenvalue weighted by atomic mass is 35.5. The van der Waals surface area contributed by atoms with Gasteiger partial charge in [0.25, 0.3) is 5.91 Å². The van der Waals surface area contributed by atoms with E-state index in [9.17, 15) is 23.2 Å². The van der Waals surface area contributed by atoms with E-state index in [0.717, 1.165) is 10.5 Å². The smallest absolute Gasteiger partial charge is 0.387 e. The number of rotatable bonds is 6. The van der Waals surface area contributed by atoms with Gasteiger partial charge in [0.15, 0.2) is 0 Å². The molecule has 0 radical (unpaired) electrons. The fourth-order valence-electron chi connectivity index (χ4n) is 3.27. The Kier molecular flexibility index (Phi) is 5.93. The molecule has 4 amide bonds. The molecule has 1 saturated heterocycles. The summed E-state index contributed by atoms with van der Waals surface area (Å²) in [6, 6.07) is 10.1. The minimum absolute atomic E-state index is 0.129. The van der Waals surface area contributed by atoms with Crippen LogP contribution in [0.4, 0.5) is 19.3 Å². The van der Waals surface area contributed by atoms with E-state index >= 15 is 0 Å². The number of nitrogens with one attached hydrogen (secondary N) is 2. The lowest BCUT2D eigenvalue weighted by atomic mass is 9.88. The van der Waals surface area contributed by atoms with Crippen LogP contribution in [-0.2, 0) is 15.1 Å². The lowest BCUT2D eigenvalue weighted by Gasteiger charge is -2.24. The standard InChI is InChI=1S/C20H18ClF2N3O4/c1-11-5-3-4-6-13(11)20(2)17(28)26(19(29)25-20)10-16(27)24-12-7-8-15(14(21)9-12)30-18(22)23/h3-9,18H,10H2,1-2H3,(H,24,27)(H,25,29). The van der Waals surface area contributed by atoms with Crippen LogP contribution in [0.5, 0.6) is 5.75 Å². The molecule has 30 heavy (non-hydrogen) atoms. The number of ether oxygens (including phenoxy) is 1. The van der Waals surface area contributed by atoms with Crippen molar-refractivity contribution in [1.29, 1.82) is 0 Å². The maximum Gasteiger partial charge on any atom is 0.387 e. The Morgan fingerprint density at radius 3 is 2.60 bits per heavy atom. The first kappa shape index (κ1) is 21.5. The molecule has 7 nitrogen and oxygen atoms in total. The van der Waals surface area contributed by atoms with Crippen LogP contribution in [0, 0.1) is 6.92 Å². The maximum atomic E-state index is 12.9. The van der Waals surface area contributed by atoms with Crippen molar-refractivity contribution in [1.82, 2.24) is 10.2 Å². The predicted octanol–water partition coefficient (Wildman–Crippen LogP) is 3.66. The van der Waals surface area contributed by atoms with E-state index in [0.29, 0.717) is 5.56 Å². The third kappa shape index (κ3) is 4.20. The van der Waals surface area contributed by atoms with E-state index in [1.807, 2.05) is 19.1 Å². The van der Waals surface area contributed by atoms with Gasteiger partial charge in [-0.05, 0) is 43.2 Å². The van der Waals surface area contributed by atoms with Gasteiger partial charge < -0.3 is 15.4 Å². The first-order chi connectivity index (χ1) is 14.1. The summed E-state index contributed by atoms with van der Waals surface area (Å²) < 4.78 is 28.8. The van der Waals surface area contributed by atoms with Gasteiger partial charge in [-0.3, -0.25) is 14.5 Å². The molecule has 10 heteroatoms. The molecule has 1 aliphatic heterocycles. The molecule has 2 aromatic carbocycles. The number of anilines is 1. The third-order valence-electron chi connectivity index (χ3n) is 4.69. The molecular weight excluding hydrogens is 420 g/mol. The van der Waals surface area contributed by atoms with Crippen molar-refractivity contribution in [2.75, 3.05) is 11.9 Å². The van der Waals surface area contributed by atoms with Crippen molar-refractivity contribution in [3.63, 3.8) is 0 Å². The van der Waals surface area contributed by atoms with Crippen LogP contribution in [0.1, 0.15) is 18.1 Å². The zero-order valence-electron chi connectivity index (χ0n) is 16.0. The summed E-state index contributed by atoms with van der Waals surface area (Å²) in [5.41, 5.74) is 0.356. The molecule has 0 aromatic heterocycles. The first-order valence-corrected chi connectivity index (χ1v) is 9.24. The van der Waals surface area contributed by atoms with E-state index in [-0.39, 0.29) is 16.5 Å². The molecule has 1 atom stereocenters. The molecule has 2 aromatic rings. The number of carbonyl (C=O) groups excluding carboxylic acids is 3. The monoisotopic (exact) mass is 437 g/mol. The number of hydrogen-bond donors (Lipinski definition) is 2. The number of halogens is 3.